The molecule has 1 saturated heterocycles. The number of aromatic nitrogens is 1. The standard InChI is InChI=1S/C16H26N4O/c1-4-18-10-13-9-12(2)15(19-11-13)20-7-5-14(6-8-20)16(21)17-3/h9,11,14,18H,4-8,10H2,1-3H3,(H,17,21). The average molecular weight is 290 g/mol. The molecule has 2 rings (SSSR count). The molecule has 0 spiro atoms. The second-order valence-electron chi connectivity index (χ2n) is 5.64. The van der Waals surface area contributed by atoms with E-state index in [2.05, 4.69) is 40.4 Å². The van der Waals surface area contributed by atoms with Gasteiger partial charge in [0.1, 0.15) is 5.82 Å². The molecule has 1 amide bonds. The molecule has 0 bridgehead atoms. The first-order valence-corrected chi connectivity index (χ1v) is 7.78. The van der Waals surface area contributed by atoms with Crippen LogP contribution < -0.4 is 15.5 Å². The minimum absolute atomic E-state index is 0.152. The number of hydrogen-bond donors (Lipinski definition) is 2. The molecule has 0 radical (unpaired) electrons. The number of rotatable bonds is 5. The molecule has 1 aromatic heterocycles. The third-order valence-electron chi connectivity index (χ3n) is 4.10. The number of hydrogen-bond acceptors (Lipinski definition) is 4. The van der Waals surface area contributed by atoms with Crippen molar-refractivity contribution in [3.8, 4) is 0 Å². The van der Waals surface area contributed by atoms with Crippen LogP contribution in [-0.2, 0) is 11.3 Å². The van der Waals surface area contributed by atoms with E-state index in [0.29, 0.717) is 0 Å². The predicted molar refractivity (Wildman–Crippen MR) is 85.4 cm³/mol. The van der Waals surface area contributed by atoms with Crippen molar-refractivity contribution >= 4 is 11.7 Å². The Morgan fingerprint density at radius 1 is 1.43 bits per heavy atom. The van der Waals surface area contributed by atoms with Gasteiger partial charge in [-0.1, -0.05) is 6.92 Å². The van der Waals surface area contributed by atoms with Crippen molar-refractivity contribution in [2.45, 2.75) is 33.2 Å². The molecular weight excluding hydrogens is 264 g/mol. The number of pyridine rings is 1. The Labute approximate surface area is 127 Å². The summed E-state index contributed by atoms with van der Waals surface area (Å²) < 4.78 is 0. The van der Waals surface area contributed by atoms with Crippen molar-refractivity contribution in [2.24, 2.45) is 5.92 Å². The molecule has 0 unspecified atom stereocenters. The van der Waals surface area contributed by atoms with Gasteiger partial charge in [0.25, 0.3) is 0 Å². The van der Waals surface area contributed by atoms with E-state index in [4.69, 9.17) is 0 Å². The van der Waals surface area contributed by atoms with Crippen LogP contribution in [0.15, 0.2) is 12.3 Å². The summed E-state index contributed by atoms with van der Waals surface area (Å²) >= 11 is 0. The summed E-state index contributed by atoms with van der Waals surface area (Å²) in [7, 11) is 1.71. The fourth-order valence-electron chi connectivity index (χ4n) is 2.88. The van der Waals surface area contributed by atoms with Gasteiger partial charge >= 0.3 is 0 Å². The number of nitrogens with one attached hydrogen (secondary N) is 2. The van der Waals surface area contributed by atoms with Crippen molar-refractivity contribution in [3.05, 3.63) is 23.4 Å². The van der Waals surface area contributed by atoms with Crippen LogP contribution in [-0.4, -0.2) is 37.6 Å². The first kappa shape index (κ1) is 15.8. The molecule has 1 fully saturated rings. The van der Waals surface area contributed by atoms with Crippen LogP contribution in [0.4, 0.5) is 5.82 Å². The monoisotopic (exact) mass is 290 g/mol. The Kier molecular flexibility index (Phi) is 5.56. The Hall–Kier alpha value is -1.62. The summed E-state index contributed by atoms with van der Waals surface area (Å²) in [6.45, 7) is 7.85. The van der Waals surface area contributed by atoms with E-state index in [1.165, 1.54) is 11.1 Å². The van der Waals surface area contributed by atoms with E-state index in [1.54, 1.807) is 7.05 Å². The second-order valence-corrected chi connectivity index (χ2v) is 5.64. The highest BCUT2D eigenvalue weighted by atomic mass is 16.1. The number of carbonyl (C=O) groups is 1. The highest BCUT2D eigenvalue weighted by Gasteiger charge is 2.25. The highest BCUT2D eigenvalue weighted by Crippen LogP contribution is 2.24. The number of carbonyl (C=O) groups excluding carboxylic acids is 1. The second kappa shape index (κ2) is 7.41. The van der Waals surface area contributed by atoms with E-state index >= 15 is 0 Å². The van der Waals surface area contributed by atoms with Crippen molar-refractivity contribution in [1.82, 2.24) is 15.6 Å². The van der Waals surface area contributed by atoms with Crippen LogP contribution in [0, 0.1) is 12.8 Å². The smallest absolute Gasteiger partial charge is 0.222 e. The van der Waals surface area contributed by atoms with Gasteiger partial charge in [-0.05, 0) is 43.5 Å². The summed E-state index contributed by atoms with van der Waals surface area (Å²) in [5.41, 5.74) is 2.43. The Morgan fingerprint density at radius 3 is 2.71 bits per heavy atom. The molecule has 1 aliphatic rings. The normalized spacial score (nSPS) is 16.0. The van der Waals surface area contributed by atoms with Gasteiger partial charge in [0, 0.05) is 38.8 Å². The van der Waals surface area contributed by atoms with Crippen molar-refractivity contribution < 1.29 is 4.79 Å². The SMILES string of the molecule is CCNCc1cnc(N2CCC(C(=O)NC)CC2)c(C)c1. The zero-order valence-electron chi connectivity index (χ0n) is 13.3. The third kappa shape index (κ3) is 3.94. The Balaban J connectivity index is 1.98. The zero-order chi connectivity index (χ0) is 15.2. The molecule has 5 heteroatoms. The minimum Gasteiger partial charge on any atom is -0.359 e. The van der Waals surface area contributed by atoms with Gasteiger partial charge in [0.15, 0.2) is 0 Å². The molecule has 2 N–H and O–H groups in total. The van der Waals surface area contributed by atoms with Crippen molar-refractivity contribution in [1.29, 1.82) is 0 Å². The number of amides is 1. The molecule has 5 nitrogen and oxygen atoms in total. The number of nitrogens with zero attached hydrogens (tertiary/aromatic N) is 2. The lowest BCUT2D eigenvalue weighted by atomic mass is 9.95. The Bertz CT molecular complexity index is 481. The molecule has 21 heavy (non-hydrogen) atoms. The Morgan fingerprint density at radius 2 is 2.14 bits per heavy atom. The minimum atomic E-state index is 0.152. The van der Waals surface area contributed by atoms with Gasteiger partial charge in [-0.3, -0.25) is 4.79 Å². The molecule has 1 aliphatic heterocycles. The molecule has 116 valence electrons. The van der Waals surface area contributed by atoms with E-state index in [9.17, 15) is 4.79 Å². The van der Waals surface area contributed by atoms with Crippen LogP contribution in [0.25, 0.3) is 0 Å². The van der Waals surface area contributed by atoms with E-state index in [-0.39, 0.29) is 11.8 Å². The fourth-order valence-corrected chi connectivity index (χ4v) is 2.88. The van der Waals surface area contributed by atoms with E-state index in [1.807, 2.05) is 6.20 Å². The summed E-state index contributed by atoms with van der Waals surface area (Å²) in [5.74, 6) is 1.38. The van der Waals surface area contributed by atoms with Crippen molar-refractivity contribution in [2.75, 3.05) is 31.6 Å². The van der Waals surface area contributed by atoms with Crippen LogP contribution in [0.2, 0.25) is 0 Å². The number of piperidine rings is 1. The fraction of sp³-hybridized carbons (Fsp3) is 0.625. The number of aryl methyl sites for hydroxylation is 1. The maximum atomic E-state index is 11.7. The average Bonchev–Trinajstić information content (AvgIpc) is 2.52. The van der Waals surface area contributed by atoms with E-state index in [0.717, 1.165) is 44.8 Å². The third-order valence-corrected chi connectivity index (χ3v) is 4.10. The summed E-state index contributed by atoms with van der Waals surface area (Å²) in [5, 5.41) is 6.07. The lowest BCUT2D eigenvalue weighted by Crippen LogP contribution is -2.40. The van der Waals surface area contributed by atoms with Gasteiger partial charge in [-0.2, -0.15) is 0 Å². The first-order valence-electron chi connectivity index (χ1n) is 7.78. The van der Waals surface area contributed by atoms with Gasteiger partial charge in [0.05, 0.1) is 0 Å². The van der Waals surface area contributed by atoms with Crippen LogP contribution >= 0.6 is 0 Å². The molecule has 0 aromatic carbocycles. The first-order chi connectivity index (χ1) is 10.2. The predicted octanol–water partition coefficient (Wildman–Crippen LogP) is 1.46. The summed E-state index contributed by atoms with van der Waals surface area (Å²) in [6, 6.07) is 2.20. The highest BCUT2D eigenvalue weighted by molar-refractivity contribution is 5.78. The molecule has 0 aliphatic carbocycles. The van der Waals surface area contributed by atoms with Gasteiger partial charge < -0.3 is 15.5 Å². The van der Waals surface area contributed by atoms with Crippen molar-refractivity contribution in [3.63, 3.8) is 0 Å². The summed E-state index contributed by atoms with van der Waals surface area (Å²) in [6.07, 6.45) is 3.76. The van der Waals surface area contributed by atoms with Crippen LogP contribution in [0.3, 0.4) is 0 Å². The lowest BCUT2D eigenvalue weighted by molar-refractivity contribution is -0.125. The molecular formula is C16H26N4O. The largest absolute Gasteiger partial charge is 0.359 e. The molecule has 2 heterocycles. The quantitative estimate of drug-likeness (QED) is 0.862. The molecule has 0 saturated carbocycles. The molecule has 1 aromatic rings. The number of anilines is 1. The maximum Gasteiger partial charge on any atom is 0.222 e. The van der Waals surface area contributed by atoms with E-state index < -0.39 is 0 Å². The lowest BCUT2D eigenvalue weighted by Gasteiger charge is -2.32. The van der Waals surface area contributed by atoms with Gasteiger partial charge in [-0.25, -0.2) is 4.98 Å². The maximum absolute atomic E-state index is 11.7. The summed E-state index contributed by atoms with van der Waals surface area (Å²) in [4.78, 5) is 18.6. The van der Waals surface area contributed by atoms with Gasteiger partial charge in [-0.15, -0.1) is 0 Å². The van der Waals surface area contributed by atoms with Crippen LogP contribution in [0.1, 0.15) is 30.9 Å². The topological polar surface area (TPSA) is 57.3 Å². The zero-order valence-corrected chi connectivity index (χ0v) is 13.3. The molecule has 0 atom stereocenters. The van der Waals surface area contributed by atoms with Gasteiger partial charge in [0.2, 0.25) is 5.91 Å². The van der Waals surface area contributed by atoms with Crippen LogP contribution in [0.5, 0.6) is 0 Å².